The standard InChI is InChI=1S/C25H23FN6O4/c26-17-12-16-15(14-32(24(16)35)18-4-5-22(33)28-23(18)34)11-19(17)29-7-9-30(10-8-29)25(36)20-13-27-21-3-1-2-6-31(20)21/h1-3,6,11-13,18H,4-5,7-10,14H2,(H,28,33,34). The van der Waals surface area contributed by atoms with E-state index in [2.05, 4.69) is 10.3 Å². The van der Waals surface area contributed by atoms with Crippen molar-refractivity contribution in [2.45, 2.75) is 25.4 Å². The van der Waals surface area contributed by atoms with Crippen molar-refractivity contribution >= 4 is 35.0 Å². The SMILES string of the molecule is O=C1CCC(N2Cc3cc(N4CCN(C(=O)c5cnc6ccccn56)CC4)c(F)cc3C2=O)C(=O)N1. The number of nitrogens with zero attached hydrogens (tertiary/aromatic N) is 5. The molecule has 2 fully saturated rings. The molecule has 11 heteroatoms. The second-order valence-electron chi connectivity index (χ2n) is 9.21. The number of amides is 4. The van der Waals surface area contributed by atoms with E-state index in [1.54, 1.807) is 27.8 Å². The Labute approximate surface area is 205 Å². The average molecular weight is 490 g/mol. The lowest BCUT2D eigenvalue weighted by atomic mass is 10.0. The van der Waals surface area contributed by atoms with Gasteiger partial charge in [0.25, 0.3) is 11.8 Å². The van der Waals surface area contributed by atoms with Gasteiger partial charge in [-0.3, -0.25) is 28.9 Å². The molecular formula is C25H23FN6O4. The van der Waals surface area contributed by atoms with E-state index in [1.165, 1.54) is 11.0 Å². The minimum absolute atomic E-state index is 0.131. The number of benzene rings is 1. The van der Waals surface area contributed by atoms with E-state index in [4.69, 9.17) is 0 Å². The number of hydrogen-bond donors (Lipinski definition) is 1. The largest absolute Gasteiger partial charge is 0.366 e. The molecule has 0 spiro atoms. The summed E-state index contributed by atoms with van der Waals surface area (Å²) < 4.78 is 16.9. The van der Waals surface area contributed by atoms with Gasteiger partial charge in [0.05, 0.1) is 11.9 Å². The van der Waals surface area contributed by atoms with Gasteiger partial charge >= 0.3 is 0 Å². The fourth-order valence-electron chi connectivity index (χ4n) is 5.22. The molecule has 0 aliphatic carbocycles. The van der Waals surface area contributed by atoms with Crippen molar-refractivity contribution in [3.8, 4) is 0 Å². The van der Waals surface area contributed by atoms with Crippen molar-refractivity contribution in [2.24, 2.45) is 0 Å². The first-order chi connectivity index (χ1) is 17.4. The number of carbonyl (C=O) groups excluding carboxylic acids is 4. The van der Waals surface area contributed by atoms with Crippen LogP contribution >= 0.6 is 0 Å². The van der Waals surface area contributed by atoms with Crippen LogP contribution in [0.2, 0.25) is 0 Å². The highest BCUT2D eigenvalue weighted by atomic mass is 19.1. The molecule has 3 aromatic rings. The lowest BCUT2D eigenvalue weighted by Gasteiger charge is -2.36. The lowest BCUT2D eigenvalue weighted by Crippen LogP contribution is -2.52. The summed E-state index contributed by atoms with van der Waals surface area (Å²) in [4.78, 5) is 59.0. The fourth-order valence-corrected chi connectivity index (χ4v) is 5.22. The van der Waals surface area contributed by atoms with Crippen LogP contribution in [-0.2, 0) is 16.1 Å². The summed E-state index contributed by atoms with van der Waals surface area (Å²) in [5.41, 5.74) is 2.43. The summed E-state index contributed by atoms with van der Waals surface area (Å²) in [6.07, 6.45) is 3.77. The van der Waals surface area contributed by atoms with E-state index >= 15 is 4.39 Å². The molecule has 3 aliphatic rings. The summed E-state index contributed by atoms with van der Waals surface area (Å²) >= 11 is 0. The van der Waals surface area contributed by atoms with Crippen LogP contribution in [0.1, 0.15) is 39.3 Å². The molecule has 184 valence electrons. The van der Waals surface area contributed by atoms with Crippen molar-refractivity contribution in [1.29, 1.82) is 0 Å². The maximum atomic E-state index is 15.1. The molecule has 2 saturated heterocycles. The Morgan fingerprint density at radius 3 is 2.67 bits per heavy atom. The van der Waals surface area contributed by atoms with Gasteiger partial charge in [0, 0.05) is 50.9 Å². The van der Waals surface area contributed by atoms with Crippen LogP contribution in [0.3, 0.4) is 0 Å². The van der Waals surface area contributed by atoms with Gasteiger partial charge in [0.15, 0.2) is 0 Å². The number of piperazine rings is 1. The maximum Gasteiger partial charge on any atom is 0.272 e. The molecule has 0 saturated carbocycles. The molecule has 1 N–H and O–H groups in total. The van der Waals surface area contributed by atoms with Crippen LogP contribution in [0, 0.1) is 5.82 Å². The van der Waals surface area contributed by atoms with E-state index in [9.17, 15) is 19.2 Å². The molecule has 1 unspecified atom stereocenters. The molecule has 4 amide bonds. The maximum absolute atomic E-state index is 15.1. The molecule has 0 bridgehead atoms. The summed E-state index contributed by atoms with van der Waals surface area (Å²) in [5.74, 6) is -1.91. The third-order valence-electron chi connectivity index (χ3n) is 7.13. The summed E-state index contributed by atoms with van der Waals surface area (Å²) in [5, 5.41) is 2.27. The summed E-state index contributed by atoms with van der Waals surface area (Å²) in [6, 6.07) is 7.68. The second-order valence-corrected chi connectivity index (χ2v) is 9.21. The van der Waals surface area contributed by atoms with E-state index in [0.717, 1.165) is 0 Å². The van der Waals surface area contributed by atoms with Gasteiger partial charge < -0.3 is 14.7 Å². The topological polar surface area (TPSA) is 107 Å². The Hall–Kier alpha value is -4.28. The number of pyridine rings is 1. The highest BCUT2D eigenvalue weighted by molar-refractivity contribution is 6.05. The number of fused-ring (bicyclic) bond motifs is 2. The van der Waals surface area contributed by atoms with Gasteiger partial charge in [-0.25, -0.2) is 9.37 Å². The first-order valence-corrected chi connectivity index (χ1v) is 11.8. The molecule has 2 aromatic heterocycles. The lowest BCUT2D eigenvalue weighted by molar-refractivity contribution is -0.136. The van der Waals surface area contributed by atoms with E-state index in [1.807, 2.05) is 23.1 Å². The first kappa shape index (κ1) is 22.2. The summed E-state index contributed by atoms with van der Waals surface area (Å²) in [6.45, 7) is 1.87. The number of imide groups is 1. The Morgan fingerprint density at radius 1 is 1.08 bits per heavy atom. The molecule has 36 heavy (non-hydrogen) atoms. The summed E-state index contributed by atoms with van der Waals surface area (Å²) in [7, 11) is 0. The molecule has 3 aliphatic heterocycles. The Balaban J connectivity index is 1.16. The van der Waals surface area contributed by atoms with Crippen molar-refractivity contribution in [2.75, 3.05) is 31.1 Å². The molecule has 0 radical (unpaired) electrons. The predicted molar refractivity (Wildman–Crippen MR) is 126 cm³/mol. The van der Waals surface area contributed by atoms with Crippen molar-refractivity contribution in [3.05, 3.63) is 65.4 Å². The number of aromatic nitrogens is 2. The number of halogens is 1. The van der Waals surface area contributed by atoms with Gasteiger partial charge in [-0.15, -0.1) is 0 Å². The Morgan fingerprint density at radius 2 is 1.89 bits per heavy atom. The van der Waals surface area contributed by atoms with Crippen LogP contribution in [-0.4, -0.2) is 75.0 Å². The van der Waals surface area contributed by atoms with Crippen molar-refractivity contribution in [3.63, 3.8) is 0 Å². The van der Waals surface area contributed by atoms with Gasteiger partial charge in [0.1, 0.15) is 23.2 Å². The smallest absolute Gasteiger partial charge is 0.272 e. The number of nitrogens with one attached hydrogen (secondary N) is 1. The molecule has 10 nitrogen and oxygen atoms in total. The quantitative estimate of drug-likeness (QED) is 0.553. The Bertz CT molecular complexity index is 1430. The van der Waals surface area contributed by atoms with E-state index in [0.29, 0.717) is 48.8 Å². The van der Waals surface area contributed by atoms with Crippen molar-refractivity contribution < 1.29 is 23.6 Å². The fraction of sp³-hybridized carbons (Fsp3) is 0.320. The third kappa shape index (κ3) is 3.58. The molecular weight excluding hydrogens is 467 g/mol. The zero-order chi connectivity index (χ0) is 25.0. The first-order valence-electron chi connectivity index (χ1n) is 11.8. The number of rotatable bonds is 3. The number of piperidine rings is 1. The van der Waals surface area contributed by atoms with Gasteiger partial charge in [-0.2, -0.15) is 0 Å². The highest BCUT2D eigenvalue weighted by Crippen LogP contribution is 2.33. The van der Waals surface area contributed by atoms with Crippen LogP contribution < -0.4 is 10.2 Å². The van der Waals surface area contributed by atoms with Gasteiger partial charge in [-0.1, -0.05) is 6.07 Å². The van der Waals surface area contributed by atoms with E-state index in [-0.39, 0.29) is 36.8 Å². The van der Waals surface area contributed by atoms with Crippen LogP contribution in [0.4, 0.5) is 10.1 Å². The number of hydrogen-bond acceptors (Lipinski definition) is 6. The molecule has 6 rings (SSSR count). The number of anilines is 1. The highest BCUT2D eigenvalue weighted by Gasteiger charge is 2.40. The Kier molecular flexibility index (Phi) is 5.20. The van der Waals surface area contributed by atoms with Gasteiger partial charge in [0.2, 0.25) is 11.8 Å². The molecule has 1 atom stereocenters. The minimum Gasteiger partial charge on any atom is -0.366 e. The van der Waals surface area contributed by atoms with Crippen molar-refractivity contribution in [1.82, 2.24) is 24.5 Å². The minimum atomic E-state index is -0.747. The number of carbonyl (C=O) groups is 4. The zero-order valence-corrected chi connectivity index (χ0v) is 19.3. The monoisotopic (exact) mass is 490 g/mol. The van der Waals surface area contributed by atoms with E-state index < -0.39 is 23.7 Å². The molecule has 1 aromatic carbocycles. The zero-order valence-electron chi connectivity index (χ0n) is 19.3. The number of imidazole rings is 1. The normalized spacial score (nSPS) is 20.2. The molecule has 5 heterocycles. The second kappa shape index (κ2) is 8.43. The van der Waals surface area contributed by atoms with Crippen LogP contribution in [0.15, 0.2) is 42.7 Å². The van der Waals surface area contributed by atoms with Crippen LogP contribution in [0.25, 0.3) is 5.65 Å². The van der Waals surface area contributed by atoms with Gasteiger partial charge in [-0.05, 0) is 36.2 Å². The van der Waals surface area contributed by atoms with Crippen LogP contribution in [0.5, 0.6) is 0 Å². The third-order valence-corrected chi connectivity index (χ3v) is 7.13. The predicted octanol–water partition coefficient (Wildman–Crippen LogP) is 1.20. The average Bonchev–Trinajstić information content (AvgIpc) is 3.45.